The van der Waals surface area contributed by atoms with E-state index in [9.17, 15) is 18.4 Å². The molecule has 148 valence electrons. The Labute approximate surface area is 167 Å². The Kier molecular flexibility index (Phi) is 6.30. The number of nitrogens with one attached hydrogen (secondary N) is 1. The number of rotatable bonds is 7. The van der Waals surface area contributed by atoms with Crippen LogP contribution >= 0.6 is 23.1 Å². The number of esters is 1. The number of nitrogens with zero attached hydrogens (tertiary/aromatic N) is 2. The standard InChI is InChI=1S/C18H17F2N3O3S2/c1-3-26-16(25)15-10(2)8-14(28-15)22-13(24)9-27-18-21-11-6-4-5-7-12(11)23(18)17(19)20/h4-8,17H,3,9H2,1-2H3,(H,22,24). The summed E-state index contributed by atoms with van der Waals surface area (Å²) in [5.74, 6) is -0.915. The maximum absolute atomic E-state index is 13.4. The number of hydrogen-bond donors (Lipinski definition) is 1. The quantitative estimate of drug-likeness (QED) is 0.438. The van der Waals surface area contributed by atoms with Gasteiger partial charge in [0.05, 0.1) is 28.4 Å². The van der Waals surface area contributed by atoms with Crippen molar-refractivity contribution in [2.45, 2.75) is 25.6 Å². The molecule has 1 aromatic carbocycles. The number of amides is 1. The SMILES string of the molecule is CCOC(=O)c1sc(NC(=O)CSc2nc3ccccc3n2C(F)F)cc1C. The zero-order valence-corrected chi connectivity index (χ0v) is 16.7. The number of benzene rings is 1. The Hall–Kier alpha value is -2.46. The molecule has 0 aliphatic rings. The lowest BCUT2D eigenvalue weighted by Gasteiger charge is -2.07. The normalized spacial score (nSPS) is 11.2. The molecule has 0 atom stereocenters. The highest BCUT2D eigenvalue weighted by Gasteiger charge is 2.20. The highest BCUT2D eigenvalue weighted by Crippen LogP contribution is 2.30. The Morgan fingerprint density at radius 2 is 2.11 bits per heavy atom. The van der Waals surface area contributed by atoms with Crippen molar-refractivity contribution in [1.29, 1.82) is 0 Å². The summed E-state index contributed by atoms with van der Waals surface area (Å²) in [7, 11) is 0. The summed E-state index contributed by atoms with van der Waals surface area (Å²) in [6.07, 6.45) is 0. The van der Waals surface area contributed by atoms with Crippen molar-refractivity contribution in [3.8, 4) is 0 Å². The third-order valence-corrected chi connectivity index (χ3v) is 5.82. The van der Waals surface area contributed by atoms with Gasteiger partial charge in [0.15, 0.2) is 5.16 Å². The van der Waals surface area contributed by atoms with Crippen molar-refractivity contribution in [3.05, 3.63) is 40.8 Å². The average Bonchev–Trinajstić information content (AvgIpc) is 3.20. The Balaban J connectivity index is 1.68. The number of hydrogen-bond acceptors (Lipinski definition) is 6. The number of fused-ring (bicyclic) bond motifs is 1. The predicted molar refractivity (Wildman–Crippen MR) is 105 cm³/mol. The Bertz CT molecular complexity index is 1020. The molecule has 0 bridgehead atoms. The van der Waals surface area contributed by atoms with Crippen LogP contribution in [0.3, 0.4) is 0 Å². The molecule has 0 spiro atoms. The highest BCUT2D eigenvalue weighted by molar-refractivity contribution is 7.99. The van der Waals surface area contributed by atoms with Gasteiger partial charge >= 0.3 is 12.5 Å². The number of carbonyl (C=O) groups is 2. The van der Waals surface area contributed by atoms with Crippen molar-refractivity contribution in [3.63, 3.8) is 0 Å². The molecule has 1 N–H and O–H groups in total. The smallest absolute Gasteiger partial charge is 0.348 e. The third kappa shape index (κ3) is 4.33. The fourth-order valence-electron chi connectivity index (χ4n) is 2.56. The number of aryl methyl sites for hydroxylation is 1. The topological polar surface area (TPSA) is 73.2 Å². The van der Waals surface area contributed by atoms with Crippen LogP contribution < -0.4 is 5.32 Å². The number of halogens is 2. The summed E-state index contributed by atoms with van der Waals surface area (Å²) >= 11 is 2.04. The minimum absolute atomic E-state index is 0.0703. The van der Waals surface area contributed by atoms with Gasteiger partial charge in [-0.2, -0.15) is 8.78 Å². The van der Waals surface area contributed by atoms with Crippen LogP contribution in [0.5, 0.6) is 0 Å². The van der Waals surface area contributed by atoms with Crippen molar-refractivity contribution < 1.29 is 23.1 Å². The summed E-state index contributed by atoms with van der Waals surface area (Å²) in [5, 5.41) is 3.24. The number of alkyl halides is 2. The summed E-state index contributed by atoms with van der Waals surface area (Å²) in [4.78, 5) is 28.7. The fraction of sp³-hybridized carbons (Fsp3) is 0.278. The average molecular weight is 425 g/mol. The monoisotopic (exact) mass is 425 g/mol. The van der Waals surface area contributed by atoms with E-state index in [0.717, 1.165) is 27.7 Å². The van der Waals surface area contributed by atoms with Gasteiger partial charge in [0.2, 0.25) is 5.91 Å². The summed E-state index contributed by atoms with van der Waals surface area (Å²) < 4.78 is 32.6. The van der Waals surface area contributed by atoms with E-state index in [4.69, 9.17) is 4.74 Å². The summed E-state index contributed by atoms with van der Waals surface area (Å²) in [5.41, 5.74) is 1.46. The van der Waals surface area contributed by atoms with E-state index < -0.39 is 12.5 Å². The van der Waals surface area contributed by atoms with Gasteiger partial charge in [-0.05, 0) is 37.6 Å². The molecule has 0 aliphatic carbocycles. The third-order valence-electron chi connectivity index (χ3n) is 3.73. The van der Waals surface area contributed by atoms with Gasteiger partial charge in [0.25, 0.3) is 0 Å². The van der Waals surface area contributed by atoms with Gasteiger partial charge < -0.3 is 10.1 Å². The molecule has 0 saturated heterocycles. The molecule has 3 aromatic rings. The van der Waals surface area contributed by atoms with Crippen LogP contribution in [0.4, 0.5) is 13.8 Å². The van der Waals surface area contributed by atoms with E-state index in [1.54, 1.807) is 44.2 Å². The maximum Gasteiger partial charge on any atom is 0.348 e. The molecule has 0 saturated carbocycles. The van der Waals surface area contributed by atoms with Crippen LogP contribution in [0, 0.1) is 6.92 Å². The lowest BCUT2D eigenvalue weighted by molar-refractivity contribution is -0.113. The van der Waals surface area contributed by atoms with Crippen molar-refractivity contribution >= 4 is 51.0 Å². The number of anilines is 1. The molecule has 0 fully saturated rings. The van der Waals surface area contributed by atoms with Crippen LogP contribution in [-0.4, -0.2) is 33.8 Å². The van der Waals surface area contributed by atoms with Gasteiger partial charge in [-0.3, -0.25) is 9.36 Å². The first-order valence-corrected chi connectivity index (χ1v) is 10.2. The lowest BCUT2D eigenvalue weighted by atomic mass is 10.3. The van der Waals surface area contributed by atoms with Crippen LogP contribution in [0.15, 0.2) is 35.5 Å². The molecular weight excluding hydrogens is 408 g/mol. The lowest BCUT2D eigenvalue weighted by Crippen LogP contribution is -2.14. The van der Waals surface area contributed by atoms with E-state index in [1.165, 1.54) is 0 Å². The summed E-state index contributed by atoms with van der Waals surface area (Å²) in [6, 6.07) is 8.25. The first kappa shape index (κ1) is 20.3. The number of para-hydroxylation sites is 2. The molecule has 6 nitrogen and oxygen atoms in total. The van der Waals surface area contributed by atoms with Gasteiger partial charge in [0.1, 0.15) is 4.88 Å². The molecular formula is C18H17F2N3O3S2. The molecule has 0 unspecified atom stereocenters. The number of ether oxygens (including phenoxy) is 1. The second-order valence-electron chi connectivity index (χ2n) is 5.71. The van der Waals surface area contributed by atoms with E-state index in [-0.39, 0.29) is 23.4 Å². The number of aromatic nitrogens is 2. The largest absolute Gasteiger partial charge is 0.462 e. The molecule has 10 heteroatoms. The first-order chi connectivity index (χ1) is 13.4. The van der Waals surface area contributed by atoms with E-state index >= 15 is 0 Å². The number of thioether (sulfide) groups is 1. The number of thiophene rings is 1. The van der Waals surface area contributed by atoms with Crippen LogP contribution in [0.25, 0.3) is 11.0 Å². The zero-order valence-electron chi connectivity index (χ0n) is 15.1. The van der Waals surface area contributed by atoms with Crippen molar-refractivity contribution in [2.75, 3.05) is 17.7 Å². The molecule has 3 rings (SSSR count). The first-order valence-electron chi connectivity index (χ1n) is 8.36. The van der Waals surface area contributed by atoms with Gasteiger partial charge in [-0.15, -0.1) is 11.3 Å². The highest BCUT2D eigenvalue weighted by atomic mass is 32.2. The Morgan fingerprint density at radius 1 is 1.36 bits per heavy atom. The van der Waals surface area contributed by atoms with Crippen LogP contribution in [0.2, 0.25) is 0 Å². The number of carbonyl (C=O) groups excluding carboxylic acids is 2. The van der Waals surface area contributed by atoms with Crippen LogP contribution in [0.1, 0.15) is 28.7 Å². The molecule has 0 radical (unpaired) electrons. The Morgan fingerprint density at radius 3 is 2.82 bits per heavy atom. The van der Waals surface area contributed by atoms with Gasteiger partial charge in [-0.25, -0.2) is 9.78 Å². The fourth-order valence-corrected chi connectivity index (χ4v) is 4.35. The van der Waals surface area contributed by atoms with E-state index in [1.807, 2.05) is 0 Å². The van der Waals surface area contributed by atoms with Crippen LogP contribution in [-0.2, 0) is 9.53 Å². The minimum atomic E-state index is -2.76. The number of imidazole rings is 1. The second kappa shape index (κ2) is 8.70. The second-order valence-corrected chi connectivity index (χ2v) is 7.71. The minimum Gasteiger partial charge on any atom is -0.462 e. The molecule has 2 heterocycles. The molecule has 28 heavy (non-hydrogen) atoms. The van der Waals surface area contributed by atoms with Crippen molar-refractivity contribution in [2.24, 2.45) is 0 Å². The van der Waals surface area contributed by atoms with Gasteiger partial charge in [-0.1, -0.05) is 23.9 Å². The predicted octanol–water partition coefficient (Wildman–Crippen LogP) is 4.71. The van der Waals surface area contributed by atoms with E-state index in [2.05, 4.69) is 10.3 Å². The summed E-state index contributed by atoms with van der Waals surface area (Å²) in [6.45, 7) is 0.968. The van der Waals surface area contributed by atoms with E-state index in [0.29, 0.717) is 26.5 Å². The molecule has 2 aromatic heterocycles. The van der Waals surface area contributed by atoms with Crippen molar-refractivity contribution in [1.82, 2.24) is 9.55 Å². The maximum atomic E-state index is 13.4. The zero-order chi connectivity index (χ0) is 20.3. The molecule has 0 aliphatic heterocycles. The van der Waals surface area contributed by atoms with Gasteiger partial charge in [0, 0.05) is 0 Å². The molecule has 1 amide bonds.